The third kappa shape index (κ3) is 8.36. The summed E-state index contributed by atoms with van der Waals surface area (Å²) in [5.41, 5.74) is 0. The average molecular weight is 478 g/mol. The van der Waals surface area contributed by atoms with E-state index in [-0.39, 0.29) is 13.2 Å². The highest BCUT2D eigenvalue weighted by molar-refractivity contribution is 7.82. The zero-order valence-electron chi connectivity index (χ0n) is 15.4. The number of carbonyl (C=O) groups is 3. The molecule has 0 radical (unpaired) electrons. The van der Waals surface area contributed by atoms with E-state index in [1.54, 1.807) is 0 Å². The molecule has 30 heavy (non-hydrogen) atoms. The van der Waals surface area contributed by atoms with E-state index < -0.39 is 83.3 Å². The van der Waals surface area contributed by atoms with E-state index in [0.717, 1.165) is 7.11 Å². The molecule has 2 fully saturated rings. The van der Waals surface area contributed by atoms with Gasteiger partial charge in [-0.25, -0.2) is 21.5 Å². The van der Waals surface area contributed by atoms with Gasteiger partial charge in [-0.05, 0) is 0 Å². The Hall–Kier alpha value is -2.05. The van der Waals surface area contributed by atoms with Crippen molar-refractivity contribution in [2.24, 2.45) is 0 Å². The van der Waals surface area contributed by atoms with Crippen LogP contribution in [0, 0.1) is 0 Å². The van der Waals surface area contributed by atoms with Gasteiger partial charge in [0.05, 0.1) is 33.2 Å². The Labute approximate surface area is 171 Å². The maximum absolute atomic E-state index is 11.8. The molecule has 2 aliphatic heterocycles. The predicted octanol–water partition coefficient (Wildman–Crippen LogP) is -1.67. The quantitative estimate of drug-likeness (QED) is 0.269. The molecule has 2 saturated heterocycles. The Morgan fingerprint density at radius 2 is 1.30 bits per heavy atom. The van der Waals surface area contributed by atoms with Crippen LogP contribution in [0.1, 0.15) is 12.8 Å². The first-order valence-electron chi connectivity index (χ1n) is 8.19. The van der Waals surface area contributed by atoms with Crippen LogP contribution in [0.4, 0.5) is 4.79 Å². The van der Waals surface area contributed by atoms with Crippen LogP contribution >= 0.6 is 0 Å². The highest BCUT2D eigenvalue weighted by Crippen LogP contribution is 2.17. The number of carbonyl (C=O) groups excluding carboxylic acids is 3. The summed E-state index contributed by atoms with van der Waals surface area (Å²) in [4.78, 5) is 34.8. The molecule has 2 atom stereocenters. The predicted molar refractivity (Wildman–Crippen MR) is 87.9 cm³/mol. The van der Waals surface area contributed by atoms with Gasteiger partial charge in [-0.15, -0.1) is 0 Å². The summed E-state index contributed by atoms with van der Waals surface area (Å²) < 4.78 is 80.3. The third-order valence-corrected chi connectivity index (χ3v) is 5.25. The fourth-order valence-electron chi connectivity index (χ4n) is 2.11. The Morgan fingerprint density at radius 1 is 0.867 bits per heavy atom. The van der Waals surface area contributed by atoms with Crippen LogP contribution in [0.15, 0.2) is 0 Å². The summed E-state index contributed by atoms with van der Waals surface area (Å²) in [6.07, 6.45) is -5.46. The summed E-state index contributed by atoms with van der Waals surface area (Å²) in [5.74, 6) is -1.79. The summed E-state index contributed by atoms with van der Waals surface area (Å²) in [6, 6.07) is 0. The van der Waals surface area contributed by atoms with Crippen LogP contribution in [0.2, 0.25) is 0 Å². The van der Waals surface area contributed by atoms with E-state index in [0.29, 0.717) is 0 Å². The molecule has 0 aromatic carbocycles. The van der Waals surface area contributed by atoms with Crippen molar-refractivity contribution in [3.8, 4) is 0 Å². The molecule has 17 heteroatoms. The van der Waals surface area contributed by atoms with Crippen LogP contribution < -0.4 is 0 Å². The second kappa shape index (κ2) is 10.3. The second-order valence-electron chi connectivity index (χ2n) is 5.79. The average Bonchev–Trinajstić information content (AvgIpc) is 3.17. The fraction of sp³-hybridized carbons (Fsp3) is 0.769. The summed E-state index contributed by atoms with van der Waals surface area (Å²) in [6.45, 7) is -1.84. The van der Waals surface area contributed by atoms with Gasteiger partial charge in [0.25, 0.3) is 0 Å². The molecular weight excluding hydrogens is 460 g/mol. The van der Waals surface area contributed by atoms with Crippen molar-refractivity contribution in [1.82, 2.24) is 0 Å². The van der Waals surface area contributed by atoms with E-state index in [2.05, 4.69) is 21.5 Å². The standard InChI is InChI=1S/C13H18O15S2/c1-21-13(16)26-10(4-22-11(14)2-8-6-24-29(17,18)27-8)5-23-12(15)3-9-7-25-30(19,20)28-9/h8-10H,2-7H2,1H3. The molecule has 0 aromatic heterocycles. The summed E-state index contributed by atoms with van der Waals surface area (Å²) in [7, 11) is -7.25. The fourth-order valence-corrected chi connectivity index (χ4v) is 3.77. The van der Waals surface area contributed by atoms with Crippen LogP contribution in [0.3, 0.4) is 0 Å². The van der Waals surface area contributed by atoms with Gasteiger partial charge in [-0.2, -0.15) is 16.8 Å². The van der Waals surface area contributed by atoms with Gasteiger partial charge in [0.1, 0.15) is 25.4 Å². The zero-order valence-corrected chi connectivity index (χ0v) is 17.0. The first-order valence-corrected chi connectivity index (χ1v) is 10.9. The van der Waals surface area contributed by atoms with Crippen LogP contribution in [-0.2, 0) is 66.1 Å². The third-order valence-electron chi connectivity index (χ3n) is 3.38. The van der Waals surface area contributed by atoms with E-state index in [1.807, 2.05) is 0 Å². The number of hydrogen-bond donors (Lipinski definition) is 0. The van der Waals surface area contributed by atoms with E-state index in [1.165, 1.54) is 0 Å². The molecule has 2 aliphatic rings. The Bertz CT molecular complexity index is 786. The molecule has 0 aromatic rings. The maximum atomic E-state index is 11.8. The van der Waals surface area contributed by atoms with Gasteiger partial charge in [-0.1, -0.05) is 0 Å². The molecule has 2 heterocycles. The Morgan fingerprint density at radius 3 is 1.63 bits per heavy atom. The van der Waals surface area contributed by atoms with Crippen molar-refractivity contribution in [2.75, 3.05) is 33.5 Å². The smallest absolute Gasteiger partial charge is 0.462 e. The Kier molecular flexibility index (Phi) is 8.33. The van der Waals surface area contributed by atoms with Crippen molar-refractivity contribution in [3.63, 3.8) is 0 Å². The second-order valence-corrected chi connectivity index (χ2v) is 8.28. The lowest BCUT2D eigenvalue weighted by atomic mass is 10.3. The van der Waals surface area contributed by atoms with Crippen molar-refractivity contribution >= 4 is 38.9 Å². The van der Waals surface area contributed by atoms with Gasteiger partial charge >= 0.3 is 38.9 Å². The minimum Gasteiger partial charge on any atom is -0.462 e. The summed E-state index contributed by atoms with van der Waals surface area (Å²) >= 11 is 0. The molecule has 15 nitrogen and oxygen atoms in total. The Balaban J connectivity index is 1.77. The van der Waals surface area contributed by atoms with E-state index >= 15 is 0 Å². The van der Waals surface area contributed by atoms with Crippen molar-refractivity contribution in [3.05, 3.63) is 0 Å². The highest BCUT2D eigenvalue weighted by Gasteiger charge is 2.33. The van der Waals surface area contributed by atoms with Gasteiger partial charge in [0.15, 0.2) is 6.10 Å². The lowest BCUT2D eigenvalue weighted by Crippen LogP contribution is -2.32. The molecule has 0 amide bonds. The number of methoxy groups -OCH3 is 1. The van der Waals surface area contributed by atoms with Crippen LogP contribution in [0.25, 0.3) is 0 Å². The number of ether oxygens (including phenoxy) is 4. The van der Waals surface area contributed by atoms with Crippen molar-refractivity contribution < 1.29 is 66.9 Å². The molecule has 0 N–H and O–H groups in total. The lowest BCUT2D eigenvalue weighted by Gasteiger charge is -2.17. The first kappa shape index (κ1) is 24.2. The molecule has 2 rings (SSSR count). The topological polar surface area (TPSA) is 193 Å². The minimum absolute atomic E-state index is 0.361. The number of esters is 2. The molecule has 0 aliphatic carbocycles. The molecule has 0 bridgehead atoms. The molecule has 0 saturated carbocycles. The van der Waals surface area contributed by atoms with Gasteiger partial charge in [0, 0.05) is 0 Å². The molecule has 2 unspecified atom stereocenters. The van der Waals surface area contributed by atoms with Crippen LogP contribution in [-0.4, -0.2) is 86.8 Å². The monoisotopic (exact) mass is 478 g/mol. The van der Waals surface area contributed by atoms with Gasteiger partial charge < -0.3 is 18.9 Å². The van der Waals surface area contributed by atoms with Crippen molar-refractivity contribution in [2.45, 2.75) is 31.2 Å². The number of hydrogen-bond acceptors (Lipinski definition) is 15. The van der Waals surface area contributed by atoms with Gasteiger partial charge in [-0.3, -0.25) is 9.59 Å². The molecular formula is C13H18O15S2. The van der Waals surface area contributed by atoms with Crippen molar-refractivity contribution in [1.29, 1.82) is 0 Å². The SMILES string of the molecule is COC(=O)OC(COC(=O)CC1COS(=O)(=O)O1)COC(=O)CC1COS(=O)(=O)O1. The molecule has 172 valence electrons. The van der Waals surface area contributed by atoms with E-state index in [4.69, 9.17) is 14.2 Å². The number of rotatable bonds is 9. The van der Waals surface area contributed by atoms with E-state index in [9.17, 15) is 31.2 Å². The maximum Gasteiger partial charge on any atom is 0.508 e. The molecule has 0 spiro atoms. The van der Waals surface area contributed by atoms with Crippen LogP contribution in [0.5, 0.6) is 0 Å². The lowest BCUT2D eigenvalue weighted by molar-refractivity contribution is -0.155. The normalized spacial score (nSPS) is 25.2. The first-order chi connectivity index (χ1) is 14.0. The van der Waals surface area contributed by atoms with Gasteiger partial charge in [0.2, 0.25) is 0 Å². The highest BCUT2D eigenvalue weighted by atomic mass is 32.3. The summed E-state index contributed by atoms with van der Waals surface area (Å²) in [5, 5.41) is 0. The largest absolute Gasteiger partial charge is 0.508 e. The zero-order chi connectivity index (χ0) is 22.4. The minimum atomic E-state index is -4.14.